The zero-order chi connectivity index (χ0) is 14.4. The minimum Gasteiger partial charge on any atom is -0.493 e. The number of nitrogens with one attached hydrogen (secondary N) is 2. The number of methoxy groups -OCH3 is 2. The molecule has 1 aromatic heterocycles. The number of thiazole rings is 1. The lowest BCUT2D eigenvalue weighted by molar-refractivity contribution is 0.251. The summed E-state index contributed by atoms with van der Waals surface area (Å²) in [5.74, 6) is 1.29. The van der Waals surface area contributed by atoms with Crippen LogP contribution in [0.1, 0.15) is 5.56 Å². The van der Waals surface area contributed by atoms with Crippen molar-refractivity contribution < 1.29 is 14.3 Å². The molecule has 0 fully saturated rings. The van der Waals surface area contributed by atoms with Crippen LogP contribution in [0.3, 0.4) is 0 Å². The summed E-state index contributed by atoms with van der Waals surface area (Å²) < 4.78 is 10.4. The number of hydrogen-bond acceptors (Lipinski definition) is 5. The predicted molar refractivity (Wildman–Crippen MR) is 77.5 cm³/mol. The lowest BCUT2D eigenvalue weighted by Gasteiger charge is -2.10. The number of benzene rings is 1. The smallest absolute Gasteiger partial charge is 0.321 e. The number of ether oxygens (including phenoxy) is 2. The van der Waals surface area contributed by atoms with Crippen molar-refractivity contribution in [2.75, 3.05) is 19.5 Å². The Bertz CT molecular complexity index is 572. The Balaban J connectivity index is 1.92. The Labute approximate surface area is 120 Å². The van der Waals surface area contributed by atoms with Crippen molar-refractivity contribution in [3.63, 3.8) is 0 Å². The van der Waals surface area contributed by atoms with Crippen LogP contribution in [0, 0.1) is 0 Å². The fourth-order valence-electron chi connectivity index (χ4n) is 1.60. The fraction of sp³-hybridized carbons (Fsp3) is 0.231. The van der Waals surface area contributed by atoms with Crippen LogP contribution in [0.5, 0.6) is 11.5 Å². The van der Waals surface area contributed by atoms with E-state index >= 15 is 0 Å². The molecule has 106 valence electrons. The Kier molecular flexibility index (Phi) is 4.78. The number of urea groups is 1. The second-order valence-electron chi connectivity index (χ2n) is 3.83. The SMILES string of the molecule is COc1ccc(CNC(=O)Nc2nccs2)cc1OC. The summed E-state index contributed by atoms with van der Waals surface area (Å²) in [7, 11) is 3.15. The normalized spacial score (nSPS) is 9.90. The van der Waals surface area contributed by atoms with E-state index in [1.54, 1.807) is 31.9 Å². The molecule has 0 aliphatic heterocycles. The van der Waals surface area contributed by atoms with E-state index in [-0.39, 0.29) is 6.03 Å². The van der Waals surface area contributed by atoms with Gasteiger partial charge < -0.3 is 14.8 Å². The first kappa shape index (κ1) is 14.1. The summed E-state index contributed by atoms with van der Waals surface area (Å²) in [4.78, 5) is 15.6. The monoisotopic (exact) mass is 293 g/mol. The Morgan fingerprint density at radius 3 is 2.75 bits per heavy atom. The number of amides is 2. The van der Waals surface area contributed by atoms with Crippen LogP contribution in [0.4, 0.5) is 9.93 Å². The molecule has 2 aromatic rings. The molecule has 20 heavy (non-hydrogen) atoms. The third-order valence-electron chi connectivity index (χ3n) is 2.55. The molecule has 1 aromatic carbocycles. The van der Waals surface area contributed by atoms with E-state index in [9.17, 15) is 4.79 Å². The van der Waals surface area contributed by atoms with Crippen molar-refractivity contribution in [1.82, 2.24) is 10.3 Å². The standard InChI is InChI=1S/C13H15N3O3S/c1-18-10-4-3-9(7-11(10)19-2)8-15-12(17)16-13-14-5-6-20-13/h3-7H,8H2,1-2H3,(H2,14,15,16,17). The van der Waals surface area contributed by atoms with Crippen molar-refractivity contribution in [2.45, 2.75) is 6.54 Å². The van der Waals surface area contributed by atoms with Crippen LogP contribution < -0.4 is 20.1 Å². The highest BCUT2D eigenvalue weighted by Gasteiger charge is 2.06. The summed E-state index contributed by atoms with van der Waals surface area (Å²) in [6.45, 7) is 0.386. The van der Waals surface area contributed by atoms with Crippen molar-refractivity contribution >= 4 is 22.5 Å². The maximum Gasteiger partial charge on any atom is 0.321 e. The second kappa shape index (κ2) is 6.76. The number of carbonyl (C=O) groups is 1. The minimum atomic E-state index is -0.297. The Morgan fingerprint density at radius 1 is 1.30 bits per heavy atom. The van der Waals surface area contributed by atoms with Crippen molar-refractivity contribution in [3.05, 3.63) is 35.3 Å². The minimum absolute atomic E-state index is 0.297. The van der Waals surface area contributed by atoms with Crippen LogP contribution in [0.25, 0.3) is 0 Å². The molecule has 7 heteroatoms. The van der Waals surface area contributed by atoms with Gasteiger partial charge in [-0.1, -0.05) is 6.07 Å². The van der Waals surface area contributed by atoms with E-state index in [0.29, 0.717) is 23.2 Å². The van der Waals surface area contributed by atoms with Gasteiger partial charge >= 0.3 is 6.03 Å². The molecule has 2 N–H and O–H groups in total. The van der Waals surface area contributed by atoms with Gasteiger partial charge in [0.1, 0.15) is 0 Å². The highest BCUT2D eigenvalue weighted by molar-refractivity contribution is 7.13. The molecule has 6 nitrogen and oxygen atoms in total. The van der Waals surface area contributed by atoms with E-state index in [0.717, 1.165) is 5.56 Å². The first-order chi connectivity index (χ1) is 9.72. The summed E-state index contributed by atoms with van der Waals surface area (Å²) in [5, 5.41) is 7.75. The molecule has 0 saturated carbocycles. The molecule has 2 rings (SSSR count). The van der Waals surface area contributed by atoms with Gasteiger partial charge in [-0.15, -0.1) is 11.3 Å². The van der Waals surface area contributed by atoms with E-state index in [4.69, 9.17) is 9.47 Å². The zero-order valence-electron chi connectivity index (χ0n) is 11.2. The van der Waals surface area contributed by atoms with Gasteiger partial charge in [0.2, 0.25) is 0 Å². The number of rotatable bonds is 5. The number of anilines is 1. The van der Waals surface area contributed by atoms with Gasteiger partial charge in [0.05, 0.1) is 14.2 Å². The number of hydrogen-bond donors (Lipinski definition) is 2. The highest BCUT2D eigenvalue weighted by Crippen LogP contribution is 2.27. The fourth-order valence-corrected chi connectivity index (χ4v) is 2.12. The molecule has 0 atom stereocenters. The molecule has 0 saturated heterocycles. The molecule has 1 heterocycles. The van der Waals surface area contributed by atoms with Gasteiger partial charge in [0.15, 0.2) is 16.6 Å². The molecule has 0 unspecified atom stereocenters. The van der Waals surface area contributed by atoms with E-state index in [2.05, 4.69) is 15.6 Å². The summed E-state index contributed by atoms with van der Waals surface area (Å²) in [6, 6.07) is 5.19. The molecular weight excluding hydrogens is 278 g/mol. The third-order valence-corrected chi connectivity index (χ3v) is 3.24. The lowest BCUT2D eigenvalue weighted by Crippen LogP contribution is -2.28. The molecule has 0 spiro atoms. The molecule has 0 aliphatic carbocycles. The molecule has 2 amide bonds. The average Bonchev–Trinajstić information content (AvgIpc) is 2.97. The lowest BCUT2D eigenvalue weighted by atomic mass is 10.2. The van der Waals surface area contributed by atoms with Crippen LogP contribution in [-0.2, 0) is 6.54 Å². The van der Waals surface area contributed by atoms with Crippen LogP contribution in [0.2, 0.25) is 0 Å². The van der Waals surface area contributed by atoms with Gasteiger partial charge in [-0.05, 0) is 17.7 Å². The molecule has 0 radical (unpaired) electrons. The summed E-state index contributed by atoms with van der Waals surface area (Å²) in [5.41, 5.74) is 0.914. The van der Waals surface area contributed by atoms with Crippen molar-refractivity contribution in [1.29, 1.82) is 0 Å². The van der Waals surface area contributed by atoms with Crippen molar-refractivity contribution in [3.8, 4) is 11.5 Å². The van der Waals surface area contributed by atoms with Crippen LogP contribution in [0.15, 0.2) is 29.8 Å². The topological polar surface area (TPSA) is 72.5 Å². The largest absolute Gasteiger partial charge is 0.493 e. The second-order valence-corrected chi connectivity index (χ2v) is 4.73. The van der Waals surface area contributed by atoms with Crippen molar-refractivity contribution in [2.24, 2.45) is 0 Å². The number of aromatic nitrogens is 1. The maximum atomic E-state index is 11.6. The maximum absolute atomic E-state index is 11.6. The van der Waals surface area contributed by atoms with Gasteiger partial charge in [-0.25, -0.2) is 9.78 Å². The first-order valence-electron chi connectivity index (χ1n) is 5.88. The quantitative estimate of drug-likeness (QED) is 0.888. The zero-order valence-corrected chi connectivity index (χ0v) is 12.0. The van der Waals surface area contributed by atoms with Gasteiger partial charge in [-0.2, -0.15) is 0 Å². The number of carbonyl (C=O) groups excluding carboxylic acids is 1. The van der Waals surface area contributed by atoms with Gasteiger partial charge in [0.25, 0.3) is 0 Å². The summed E-state index contributed by atoms with van der Waals surface area (Å²) in [6.07, 6.45) is 1.63. The molecule has 0 aliphatic rings. The van der Waals surface area contributed by atoms with Gasteiger partial charge in [-0.3, -0.25) is 5.32 Å². The molecular formula is C13H15N3O3S. The van der Waals surface area contributed by atoms with E-state index < -0.39 is 0 Å². The number of nitrogens with zero attached hydrogens (tertiary/aromatic N) is 1. The molecule has 0 bridgehead atoms. The highest BCUT2D eigenvalue weighted by atomic mass is 32.1. The first-order valence-corrected chi connectivity index (χ1v) is 6.76. The van der Waals surface area contributed by atoms with Crippen LogP contribution in [-0.4, -0.2) is 25.2 Å². The Hall–Kier alpha value is -2.28. The van der Waals surface area contributed by atoms with E-state index in [1.807, 2.05) is 12.1 Å². The Morgan fingerprint density at radius 2 is 2.10 bits per heavy atom. The van der Waals surface area contributed by atoms with E-state index in [1.165, 1.54) is 11.3 Å². The third kappa shape index (κ3) is 3.61. The average molecular weight is 293 g/mol. The van der Waals surface area contributed by atoms with Crippen LogP contribution >= 0.6 is 11.3 Å². The summed E-state index contributed by atoms with van der Waals surface area (Å²) >= 11 is 1.36. The van der Waals surface area contributed by atoms with Gasteiger partial charge in [0, 0.05) is 18.1 Å². The predicted octanol–water partition coefficient (Wildman–Crippen LogP) is 2.48.